The number of hydrogen-bond donors (Lipinski definition) is 2. The normalized spacial score (nSPS) is 22.8. The molecule has 4 heteroatoms. The summed E-state index contributed by atoms with van der Waals surface area (Å²) in [7, 11) is 0. The molecule has 17 heavy (non-hydrogen) atoms. The number of aryl methyl sites for hydroxylation is 1. The van der Waals surface area contributed by atoms with Crippen LogP contribution in [-0.4, -0.2) is 17.1 Å². The molecule has 1 aromatic carbocycles. The summed E-state index contributed by atoms with van der Waals surface area (Å²) in [6.45, 7) is 3.82. The number of nitrogens with one attached hydrogen (secondary N) is 1. The maximum Gasteiger partial charge on any atom is 0.328 e. The second-order valence-electron chi connectivity index (χ2n) is 4.81. The van der Waals surface area contributed by atoms with E-state index in [9.17, 15) is 14.3 Å². The minimum Gasteiger partial charge on any atom is -0.480 e. The minimum absolute atomic E-state index is 0.0575. The summed E-state index contributed by atoms with van der Waals surface area (Å²) in [6.07, 6.45) is 1.07. The fourth-order valence-electron chi connectivity index (χ4n) is 2.57. The van der Waals surface area contributed by atoms with Gasteiger partial charge in [-0.2, -0.15) is 0 Å². The average molecular weight is 237 g/mol. The van der Waals surface area contributed by atoms with Gasteiger partial charge in [-0.15, -0.1) is 0 Å². The van der Waals surface area contributed by atoms with Gasteiger partial charge >= 0.3 is 5.97 Å². The van der Waals surface area contributed by atoms with Crippen LogP contribution in [0, 0.1) is 5.82 Å². The number of carbonyl (C=O) groups is 1. The first-order chi connectivity index (χ1) is 7.95. The topological polar surface area (TPSA) is 49.3 Å². The lowest BCUT2D eigenvalue weighted by molar-refractivity contribution is -0.145. The number of carboxylic acids is 1. The van der Waals surface area contributed by atoms with Crippen molar-refractivity contribution < 1.29 is 14.3 Å². The van der Waals surface area contributed by atoms with Gasteiger partial charge in [0.05, 0.1) is 0 Å². The standard InChI is InChI=1S/C13H16FNO2/c1-8(2)15-13(12(16)17)6-5-9-7-10(14)3-4-11(9)13/h3-4,7-8,15H,5-6H2,1-2H3,(H,16,17). The molecular weight excluding hydrogens is 221 g/mol. The van der Waals surface area contributed by atoms with E-state index in [1.165, 1.54) is 12.1 Å². The van der Waals surface area contributed by atoms with E-state index in [0.717, 1.165) is 5.56 Å². The van der Waals surface area contributed by atoms with Gasteiger partial charge in [-0.3, -0.25) is 5.32 Å². The highest BCUT2D eigenvalue weighted by Crippen LogP contribution is 2.37. The van der Waals surface area contributed by atoms with Crippen molar-refractivity contribution in [2.75, 3.05) is 0 Å². The van der Waals surface area contributed by atoms with Crippen LogP contribution in [0.5, 0.6) is 0 Å². The minimum atomic E-state index is -1.06. The summed E-state index contributed by atoms with van der Waals surface area (Å²) in [4.78, 5) is 11.6. The molecule has 0 fully saturated rings. The molecular formula is C13H16FNO2. The maximum absolute atomic E-state index is 13.1. The van der Waals surface area contributed by atoms with E-state index in [-0.39, 0.29) is 11.9 Å². The fourth-order valence-corrected chi connectivity index (χ4v) is 2.57. The number of aliphatic carboxylic acids is 1. The molecule has 0 amide bonds. The van der Waals surface area contributed by atoms with Crippen LogP contribution in [0.15, 0.2) is 18.2 Å². The molecule has 0 saturated heterocycles. The molecule has 92 valence electrons. The molecule has 1 unspecified atom stereocenters. The van der Waals surface area contributed by atoms with Gasteiger partial charge in [0, 0.05) is 6.04 Å². The van der Waals surface area contributed by atoms with Crippen molar-refractivity contribution in [2.45, 2.75) is 38.3 Å². The number of benzene rings is 1. The lowest BCUT2D eigenvalue weighted by Crippen LogP contribution is -2.50. The van der Waals surface area contributed by atoms with Crippen molar-refractivity contribution in [3.63, 3.8) is 0 Å². The number of fused-ring (bicyclic) bond motifs is 1. The monoisotopic (exact) mass is 237 g/mol. The van der Waals surface area contributed by atoms with Gasteiger partial charge in [0.2, 0.25) is 0 Å². The lowest BCUT2D eigenvalue weighted by atomic mass is 9.91. The highest BCUT2D eigenvalue weighted by Gasteiger charge is 2.45. The number of hydrogen-bond acceptors (Lipinski definition) is 2. The Labute approximate surface area is 99.7 Å². The average Bonchev–Trinajstić information content (AvgIpc) is 2.57. The highest BCUT2D eigenvalue weighted by atomic mass is 19.1. The lowest BCUT2D eigenvalue weighted by Gasteiger charge is -2.29. The summed E-state index contributed by atoms with van der Waals surface area (Å²) in [5.41, 5.74) is 0.428. The molecule has 0 heterocycles. The summed E-state index contributed by atoms with van der Waals surface area (Å²) in [6, 6.07) is 4.40. The van der Waals surface area contributed by atoms with Crippen LogP contribution in [-0.2, 0) is 16.8 Å². The Morgan fingerprint density at radius 3 is 2.82 bits per heavy atom. The first kappa shape index (κ1) is 12.0. The molecule has 1 aliphatic carbocycles. The largest absolute Gasteiger partial charge is 0.480 e. The van der Waals surface area contributed by atoms with E-state index in [4.69, 9.17) is 0 Å². The fraction of sp³-hybridized carbons (Fsp3) is 0.462. The third-order valence-corrected chi connectivity index (χ3v) is 3.20. The van der Waals surface area contributed by atoms with Gasteiger partial charge in [0.1, 0.15) is 11.4 Å². The predicted octanol–water partition coefficient (Wildman–Crippen LogP) is 2.05. The molecule has 0 spiro atoms. The quantitative estimate of drug-likeness (QED) is 0.846. The van der Waals surface area contributed by atoms with E-state index < -0.39 is 11.5 Å². The van der Waals surface area contributed by atoms with Crippen LogP contribution < -0.4 is 5.32 Å². The molecule has 0 saturated carbocycles. The van der Waals surface area contributed by atoms with Gasteiger partial charge in [-0.1, -0.05) is 6.07 Å². The molecule has 0 bridgehead atoms. The molecule has 0 aromatic heterocycles. The number of carboxylic acid groups (broad SMARTS) is 1. The number of rotatable bonds is 3. The Balaban J connectivity index is 2.49. The van der Waals surface area contributed by atoms with Gasteiger partial charge in [0.15, 0.2) is 0 Å². The van der Waals surface area contributed by atoms with E-state index in [1.54, 1.807) is 6.07 Å². The Morgan fingerprint density at radius 2 is 2.24 bits per heavy atom. The highest BCUT2D eigenvalue weighted by molar-refractivity contribution is 5.82. The molecule has 0 aliphatic heterocycles. The van der Waals surface area contributed by atoms with Crippen LogP contribution >= 0.6 is 0 Å². The molecule has 2 rings (SSSR count). The van der Waals surface area contributed by atoms with Crippen molar-refractivity contribution in [3.8, 4) is 0 Å². The smallest absolute Gasteiger partial charge is 0.328 e. The molecule has 3 nitrogen and oxygen atoms in total. The molecule has 0 radical (unpaired) electrons. The predicted molar refractivity (Wildman–Crippen MR) is 62.3 cm³/mol. The summed E-state index contributed by atoms with van der Waals surface area (Å²) >= 11 is 0. The first-order valence-electron chi connectivity index (χ1n) is 5.76. The zero-order valence-corrected chi connectivity index (χ0v) is 9.96. The van der Waals surface area contributed by atoms with E-state index in [1.807, 2.05) is 13.8 Å². The third-order valence-electron chi connectivity index (χ3n) is 3.20. The summed E-state index contributed by atoms with van der Waals surface area (Å²) < 4.78 is 13.1. The first-order valence-corrected chi connectivity index (χ1v) is 5.76. The maximum atomic E-state index is 13.1. The van der Waals surface area contributed by atoms with Crippen molar-refractivity contribution in [2.24, 2.45) is 0 Å². The van der Waals surface area contributed by atoms with Gasteiger partial charge in [-0.25, -0.2) is 9.18 Å². The Kier molecular flexibility index (Phi) is 2.91. The molecule has 1 aliphatic rings. The zero-order valence-electron chi connectivity index (χ0n) is 9.96. The molecule has 1 atom stereocenters. The number of halogens is 1. The van der Waals surface area contributed by atoms with Crippen LogP contribution in [0.1, 0.15) is 31.4 Å². The third kappa shape index (κ3) is 1.93. The second-order valence-corrected chi connectivity index (χ2v) is 4.81. The second kappa shape index (κ2) is 4.11. The van der Waals surface area contributed by atoms with Crippen molar-refractivity contribution in [1.82, 2.24) is 5.32 Å². The van der Waals surface area contributed by atoms with Crippen molar-refractivity contribution in [3.05, 3.63) is 35.1 Å². The van der Waals surface area contributed by atoms with Crippen LogP contribution in [0.4, 0.5) is 4.39 Å². The van der Waals surface area contributed by atoms with Crippen LogP contribution in [0.25, 0.3) is 0 Å². The van der Waals surface area contributed by atoms with Crippen LogP contribution in [0.2, 0.25) is 0 Å². The Morgan fingerprint density at radius 1 is 1.53 bits per heavy atom. The Bertz CT molecular complexity index is 459. The van der Waals surface area contributed by atoms with Crippen LogP contribution in [0.3, 0.4) is 0 Å². The SMILES string of the molecule is CC(C)NC1(C(=O)O)CCc2cc(F)ccc21. The molecule has 1 aromatic rings. The summed E-state index contributed by atoms with van der Waals surface area (Å²) in [5.74, 6) is -1.20. The van der Waals surface area contributed by atoms with Gasteiger partial charge in [0.25, 0.3) is 0 Å². The van der Waals surface area contributed by atoms with E-state index >= 15 is 0 Å². The summed E-state index contributed by atoms with van der Waals surface area (Å²) in [5, 5.41) is 12.6. The van der Waals surface area contributed by atoms with Crippen molar-refractivity contribution in [1.29, 1.82) is 0 Å². The van der Waals surface area contributed by atoms with E-state index in [2.05, 4.69) is 5.32 Å². The van der Waals surface area contributed by atoms with E-state index in [0.29, 0.717) is 18.4 Å². The van der Waals surface area contributed by atoms with Gasteiger partial charge < -0.3 is 5.11 Å². The van der Waals surface area contributed by atoms with Crippen molar-refractivity contribution >= 4 is 5.97 Å². The Hall–Kier alpha value is -1.42. The van der Waals surface area contributed by atoms with Gasteiger partial charge in [-0.05, 0) is 49.9 Å². The molecule has 2 N–H and O–H groups in total. The zero-order chi connectivity index (χ0) is 12.6.